The van der Waals surface area contributed by atoms with Crippen molar-refractivity contribution in [3.63, 3.8) is 0 Å². The molecule has 1 rings (SSSR count). The van der Waals surface area contributed by atoms with Crippen molar-refractivity contribution in [2.75, 3.05) is 6.61 Å². The van der Waals surface area contributed by atoms with Gasteiger partial charge in [0.25, 0.3) is 0 Å². The number of ether oxygens (including phenoxy) is 1. The van der Waals surface area contributed by atoms with E-state index < -0.39 is 24.2 Å². The third-order valence-corrected chi connectivity index (χ3v) is 2.42. The van der Waals surface area contributed by atoms with Gasteiger partial charge < -0.3 is 15.4 Å². The maximum atomic E-state index is 12.7. The van der Waals surface area contributed by atoms with Gasteiger partial charge in [0, 0.05) is 6.54 Å². The normalized spacial score (nSPS) is 12.4. The molecule has 0 unspecified atom stereocenters. The first-order valence-corrected chi connectivity index (χ1v) is 6.16. The van der Waals surface area contributed by atoms with Crippen molar-refractivity contribution in [3.05, 3.63) is 35.9 Å². The maximum Gasteiger partial charge on any atom is 0.419 e. The number of alkyl halides is 3. The Labute approximate surface area is 119 Å². The second-order valence-electron chi connectivity index (χ2n) is 4.04. The van der Waals surface area contributed by atoms with Crippen molar-refractivity contribution in [1.82, 2.24) is 10.6 Å². The van der Waals surface area contributed by atoms with Gasteiger partial charge in [-0.25, -0.2) is 9.59 Å². The first kappa shape index (κ1) is 16.8. The fourth-order valence-corrected chi connectivity index (χ4v) is 1.46. The number of carbonyl (C=O) groups is 2. The van der Waals surface area contributed by atoms with E-state index in [-0.39, 0.29) is 13.2 Å². The number of halogens is 3. The molecule has 0 saturated heterocycles. The van der Waals surface area contributed by atoms with Crippen molar-refractivity contribution in [2.24, 2.45) is 0 Å². The van der Waals surface area contributed by atoms with Gasteiger partial charge in [-0.15, -0.1) is 0 Å². The zero-order chi connectivity index (χ0) is 15.9. The third-order valence-electron chi connectivity index (χ3n) is 2.42. The molecule has 0 aliphatic heterocycles. The van der Waals surface area contributed by atoms with E-state index in [4.69, 9.17) is 0 Å². The van der Waals surface area contributed by atoms with Gasteiger partial charge in [-0.3, -0.25) is 0 Å². The van der Waals surface area contributed by atoms with Gasteiger partial charge in [0.15, 0.2) is 0 Å². The van der Waals surface area contributed by atoms with E-state index in [1.807, 2.05) is 0 Å². The summed E-state index contributed by atoms with van der Waals surface area (Å²) in [7, 11) is 0. The topological polar surface area (TPSA) is 67.4 Å². The highest BCUT2D eigenvalue weighted by Crippen LogP contribution is 2.21. The van der Waals surface area contributed by atoms with E-state index in [0.29, 0.717) is 5.56 Å². The molecule has 0 fully saturated rings. The zero-order valence-corrected chi connectivity index (χ0v) is 11.2. The molecule has 2 amide bonds. The van der Waals surface area contributed by atoms with Gasteiger partial charge in [0.2, 0.25) is 6.04 Å². The van der Waals surface area contributed by atoms with Crippen molar-refractivity contribution in [1.29, 1.82) is 0 Å². The highest BCUT2D eigenvalue weighted by Gasteiger charge is 2.47. The molecule has 5 nitrogen and oxygen atoms in total. The first-order chi connectivity index (χ1) is 9.84. The quantitative estimate of drug-likeness (QED) is 0.817. The van der Waals surface area contributed by atoms with Crippen LogP contribution in [0.15, 0.2) is 30.3 Å². The number of hydrogen-bond acceptors (Lipinski definition) is 3. The molecular weight excluding hydrogens is 289 g/mol. The molecule has 0 aliphatic carbocycles. The number of esters is 1. The third kappa shape index (κ3) is 5.72. The van der Waals surface area contributed by atoms with Crippen LogP contribution in [-0.4, -0.2) is 30.8 Å². The minimum atomic E-state index is -4.92. The van der Waals surface area contributed by atoms with Crippen LogP contribution in [0.25, 0.3) is 0 Å². The minimum Gasteiger partial charge on any atom is -0.464 e. The van der Waals surface area contributed by atoms with Gasteiger partial charge in [-0.05, 0) is 12.5 Å². The van der Waals surface area contributed by atoms with Crippen LogP contribution in [0, 0.1) is 0 Å². The molecule has 1 aromatic rings. The van der Waals surface area contributed by atoms with Crippen LogP contribution in [0.2, 0.25) is 0 Å². The zero-order valence-electron chi connectivity index (χ0n) is 11.2. The van der Waals surface area contributed by atoms with Crippen molar-refractivity contribution < 1.29 is 27.5 Å². The molecule has 1 aromatic carbocycles. The van der Waals surface area contributed by atoms with Crippen LogP contribution in [-0.2, 0) is 16.1 Å². The van der Waals surface area contributed by atoms with Crippen LogP contribution in [0.3, 0.4) is 0 Å². The molecule has 0 radical (unpaired) electrons. The minimum absolute atomic E-state index is 0.0417. The summed E-state index contributed by atoms with van der Waals surface area (Å²) in [6.45, 7) is 1.21. The number of benzene rings is 1. The Morgan fingerprint density at radius 2 is 1.86 bits per heavy atom. The lowest BCUT2D eigenvalue weighted by Crippen LogP contribution is -2.54. The fraction of sp³-hybridized carbons (Fsp3) is 0.385. The molecule has 8 heteroatoms. The van der Waals surface area contributed by atoms with Crippen molar-refractivity contribution in [2.45, 2.75) is 25.7 Å². The second-order valence-corrected chi connectivity index (χ2v) is 4.04. The monoisotopic (exact) mass is 304 g/mol. The average molecular weight is 304 g/mol. The summed E-state index contributed by atoms with van der Waals surface area (Å²) in [4.78, 5) is 22.7. The molecule has 0 saturated carbocycles. The van der Waals surface area contributed by atoms with E-state index >= 15 is 0 Å². The van der Waals surface area contributed by atoms with Crippen LogP contribution in [0.5, 0.6) is 0 Å². The number of urea groups is 1. The standard InChI is InChI=1S/C13H15F3N2O3/c1-2-21-11(19)10(13(14,15)16)18-12(20)17-8-9-6-4-3-5-7-9/h3-7,10H,2,8H2,1H3,(H2,17,18,20)/t10-/m0/s1. The molecule has 0 aliphatic rings. The van der Waals surface area contributed by atoms with E-state index in [9.17, 15) is 22.8 Å². The fourth-order valence-electron chi connectivity index (χ4n) is 1.46. The Balaban J connectivity index is 2.58. The number of carbonyl (C=O) groups excluding carboxylic acids is 2. The Kier molecular flexibility index (Phi) is 6.01. The smallest absolute Gasteiger partial charge is 0.419 e. The van der Waals surface area contributed by atoms with E-state index in [1.165, 1.54) is 6.92 Å². The van der Waals surface area contributed by atoms with E-state index in [0.717, 1.165) is 0 Å². The summed E-state index contributed by atoms with van der Waals surface area (Å²) in [5, 5.41) is 3.80. The summed E-state index contributed by atoms with van der Waals surface area (Å²) in [5.41, 5.74) is 0.715. The van der Waals surface area contributed by atoms with Gasteiger partial charge in [-0.2, -0.15) is 13.2 Å². The summed E-state index contributed by atoms with van der Waals surface area (Å²) in [5.74, 6) is -1.54. The molecule has 116 valence electrons. The summed E-state index contributed by atoms with van der Waals surface area (Å²) < 4.78 is 42.3. The van der Waals surface area contributed by atoms with Crippen molar-refractivity contribution in [3.8, 4) is 0 Å². The highest BCUT2D eigenvalue weighted by molar-refractivity contribution is 5.84. The predicted octanol–water partition coefficient (Wildman–Crippen LogP) is 1.98. The van der Waals surface area contributed by atoms with Crippen LogP contribution < -0.4 is 10.6 Å². The first-order valence-electron chi connectivity index (χ1n) is 6.16. The number of nitrogens with one attached hydrogen (secondary N) is 2. The highest BCUT2D eigenvalue weighted by atomic mass is 19.4. The number of rotatable bonds is 5. The molecule has 2 N–H and O–H groups in total. The predicted molar refractivity (Wildman–Crippen MR) is 68.3 cm³/mol. The second kappa shape index (κ2) is 7.51. The molecule has 0 aromatic heterocycles. The van der Waals surface area contributed by atoms with Gasteiger partial charge in [0.05, 0.1) is 6.61 Å². The van der Waals surface area contributed by atoms with Crippen molar-refractivity contribution >= 4 is 12.0 Å². The summed E-state index contributed by atoms with van der Waals surface area (Å²) in [6.07, 6.45) is -4.92. The lowest BCUT2D eigenvalue weighted by atomic mass is 10.2. The maximum absolute atomic E-state index is 12.7. The number of hydrogen-bond donors (Lipinski definition) is 2. The molecule has 0 heterocycles. The summed E-state index contributed by atoms with van der Waals surface area (Å²) in [6, 6.07) is 4.84. The Bertz CT molecular complexity index is 477. The Morgan fingerprint density at radius 3 is 2.38 bits per heavy atom. The molecule has 1 atom stereocenters. The lowest BCUT2D eigenvalue weighted by Gasteiger charge is -2.20. The summed E-state index contributed by atoms with van der Waals surface area (Å²) >= 11 is 0. The van der Waals surface area contributed by atoms with Crippen LogP contribution in [0.4, 0.5) is 18.0 Å². The molecule has 0 bridgehead atoms. The number of amides is 2. The molecule has 0 spiro atoms. The van der Waals surface area contributed by atoms with Crippen LogP contribution in [0.1, 0.15) is 12.5 Å². The Morgan fingerprint density at radius 1 is 1.24 bits per heavy atom. The van der Waals surface area contributed by atoms with Crippen LogP contribution >= 0.6 is 0 Å². The SMILES string of the molecule is CCOC(=O)[C@H](NC(=O)NCc1ccccc1)C(F)(F)F. The van der Waals surface area contributed by atoms with E-state index in [2.05, 4.69) is 10.1 Å². The molecule has 21 heavy (non-hydrogen) atoms. The lowest BCUT2D eigenvalue weighted by molar-refractivity contribution is -0.182. The average Bonchev–Trinajstić information content (AvgIpc) is 2.42. The van der Waals surface area contributed by atoms with Gasteiger partial charge >= 0.3 is 18.2 Å². The van der Waals surface area contributed by atoms with Gasteiger partial charge in [-0.1, -0.05) is 30.3 Å². The molecular formula is C13H15F3N2O3. The van der Waals surface area contributed by atoms with Gasteiger partial charge in [0.1, 0.15) is 0 Å². The largest absolute Gasteiger partial charge is 0.464 e. The van der Waals surface area contributed by atoms with E-state index in [1.54, 1.807) is 35.6 Å². The Hall–Kier alpha value is -2.25.